The normalized spacial score (nSPS) is 11.6. The number of benzene rings is 9. The minimum atomic E-state index is 0.883. The van der Waals surface area contributed by atoms with Gasteiger partial charge in [0.2, 0.25) is 0 Å². The van der Waals surface area contributed by atoms with Crippen molar-refractivity contribution in [1.29, 1.82) is 0 Å². The molecule has 50 heavy (non-hydrogen) atoms. The Labute approximate surface area is 290 Å². The van der Waals surface area contributed by atoms with Crippen LogP contribution in [-0.4, -0.2) is 0 Å². The van der Waals surface area contributed by atoms with Gasteiger partial charge >= 0.3 is 0 Å². The zero-order valence-corrected chi connectivity index (χ0v) is 27.3. The van der Waals surface area contributed by atoms with Crippen LogP contribution in [0.4, 0.5) is 17.1 Å². The highest BCUT2D eigenvalue weighted by Crippen LogP contribution is 2.44. The first-order chi connectivity index (χ1) is 24.8. The molecule has 10 aromatic rings. The van der Waals surface area contributed by atoms with E-state index >= 15 is 0 Å². The molecule has 0 aliphatic heterocycles. The average molecular weight is 638 g/mol. The van der Waals surface area contributed by atoms with E-state index in [2.05, 4.69) is 193 Å². The molecular formula is C48H31NO. The van der Waals surface area contributed by atoms with Gasteiger partial charge in [0.1, 0.15) is 11.2 Å². The summed E-state index contributed by atoms with van der Waals surface area (Å²) in [6.07, 6.45) is 0. The molecule has 0 atom stereocenters. The molecule has 0 spiro atoms. The van der Waals surface area contributed by atoms with Gasteiger partial charge in [-0.15, -0.1) is 0 Å². The van der Waals surface area contributed by atoms with Crippen LogP contribution in [0.25, 0.3) is 76.5 Å². The van der Waals surface area contributed by atoms with E-state index in [1.165, 1.54) is 54.6 Å². The summed E-state index contributed by atoms with van der Waals surface area (Å²) in [5.74, 6) is 0. The van der Waals surface area contributed by atoms with Crippen molar-refractivity contribution < 1.29 is 4.42 Å². The first kappa shape index (κ1) is 28.4. The van der Waals surface area contributed by atoms with E-state index in [-0.39, 0.29) is 0 Å². The Balaban J connectivity index is 1.25. The number of hydrogen-bond donors (Lipinski definition) is 0. The van der Waals surface area contributed by atoms with Crippen molar-refractivity contribution >= 4 is 71.3 Å². The highest BCUT2D eigenvalue weighted by molar-refractivity contribution is 6.19. The SMILES string of the molecule is c1ccc(-c2ccc(N(c3ccc4ccc5ccccc5c4c3)c3ccc4oc5ccc6ccccc6c5c4c3)cc2-c2ccccc2)cc1. The Morgan fingerprint density at radius 1 is 0.320 bits per heavy atom. The van der Waals surface area contributed by atoms with Gasteiger partial charge in [0, 0.05) is 27.8 Å². The summed E-state index contributed by atoms with van der Waals surface area (Å²) in [7, 11) is 0. The second-order valence-corrected chi connectivity index (χ2v) is 12.9. The zero-order chi connectivity index (χ0) is 33.0. The zero-order valence-electron chi connectivity index (χ0n) is 27.3. The summed E-state index contributed by atoms with van der Waals surface area (Å²) >= 11 is 0. The third-order valence-electron chi connectivity index (χ3n) is 10.0. The van der Waals surface area contributed by atoms with Crippen LogP contribution in [0.15, 0.2) is 192 Å². The molecule has 0 aliphatic rings. The van der Waals surface area contributed by atoms with Gasteiger partial charge in [-0.1, -0.05) is 140 Å². The van der Waals surface area contributed by atoms with E-state index in [0.717, 1.165) is 39.0 Å². The lowest BCUT2D eigenvalue weighted by atomic mass is 9.93. The summed E-state index contributed by atoms with van der Waals surface area (Å²) in [5, 5.41) is 9.59. The van der Waals surface area contributed by atoms with Gasteiger partial charge < -0.3 is 9.32 Å². The van der Waals surface area contributed by atoms with Gasteiger partial charge in [0.05, 0.1) is 0 Å². The lowest BCUT2D eigenvalue weighted by molar-refractivity contribution is 0.669. The highest BCUT2D eigenvalue weighted by atomic mass is 16.3. The molecule has 0 fully saturated rings. The Bertz CT molecular complexity index is 2870. The number of furan rings is 1. The van der Waals surface area contributed by atoms with Crippen LogP contribution in [0.1, 0.15) is 0 Å². The van der Waals surface area contributed by atoms with Gasteiger partial charge in [-0.25, -0.2) is 0 Å². The number of nitrogens with zero attached hydrogens (tertiary/aromatic N) is 1. The van der Waals surface area contributed by atoms with Gasteiger partial charge in [-0.2, -0.15) is 0 Å². The molecular weight excluding hydrogens is 607 g/mol. The molecule has 2 nitrogen and oxygen atoms in total. The number of hydrogen-bond acceptors (Lipinski definition) is 2. The van der Waals surface area contributed by atoms with Crippen LogP contribution in [0.2, 0.25) is 0 Å². The third-order valence-corrected chi connectivity index (χ3v) is 10.0. The quantitative estimate of drug-likeness (QED) is 0.175. The smallest absolute Gasteiger partial charge is 0.136 e. The van der Waals surface area contributed by atoms with E-state index in [0.29, 0.717) is 0 Å². The van der Waals surface area contributed by atoms with Crippen LogP contribution in [-0.2, 0) is 0 Å². The summed E-state index contributed by atoms with van der Waals surface area (Å²) in [5.41, 5.74) is 9.79. The topological polar surface area (TPSA) is 16.4 Å². The molecule has 0 radical (unpaired) electrons. The van der Waals surface area contributed by atoms with Crippen molar-refractivity contribution in [3.63, 3.8) is 0 Å². The van der Waals surface area contributed by atoms with Crippen molar-refractivity contribution in [3.8, 4) is 22.3 Å². The molecule has 0 saturated heterocycles. The van der Waals surface area contributed by atoms with Crippen molar-refractivity contribution in [3.05, 3.63) is 188 Å². The highest BCUT2D eigenvalue weighted by Gasteiger charge is 2.19. The molecule has 234 valence electrons. The van der Waals surface area contributed by atoms with Crippen molar-refractivity contribution in [2.24, 2.45) is 0 Å². The minimum absolute atomic E-state index is 0.883. The monoisotopic (exact) mass is 637 g/mol. The Morgan fingerprint density at radius 3 is 1.58 bits per heavy atom. The van der Waals surface area contributed by atoms with E-state index in [4.69, 9.17) is 4.42 Å². The maximum Gasteiger partial charge on any atom is 0.136 e. The summed E-state index contributed by atoms with van der Waals surface area (Å²) in [6.45, 7) is 0. The summed E-state index contributed by atoms with van der Waals surface area (Å²) in [4.78, 5) is 2.39. The van der Waals surface area contributed by atoms with Crippen molar-refractivity contribution in [2.75, 3.05) is 4.90 Å². The van der Waals surface area contributed by atoms with Crippen LogP contribution in [0, 0.1) is 0 Å². The largest absolute Gasteiger partial charge is 0.456 e. The van der Waals surface area contributed by atoms with Crippen LogP contribution < -0.4 is 4.90 Å². The van der Waals surface area contributed by atoms with Crippen LogP contribution in [0.3, 0.4) is 0 Å². The molecule has 1 heterocycles. The van der Waals surface area contributed by atoms with Gasteiger partial charge in [0.15, 0.2) is 0 Å². The molecule has 2 heteroatoms. The maximum atomic E-state index is 6.44. The Hall–Kier alpha value is -6.64. The van der Waals surface area contributed by atoms with E-state index in [1.807, 2.05) is 0 Å². The summed E-state index contributed by atoms with van der Waals surface area (Å²) < 4.78 is 6.44. The first-order valence-corrected chi connectivity index (χ1v) is 17.1. The van der Waals surface area contributed by atoms with E-state index < -0.39 is 0 Å². The first-order valence-electron chi connectivity index (χ1n) is 17.1. The number of anilines is 3. The van der Waals surface area contributed by atoms with Crippen molar-refractivity contribution in [1.82, 2.24) is 0 Å². The average Bonchev–Trinajstić information content (AvgIpc) is 3.57. The second-order valence-electron chi connectivity index (χ2n) is 12.9. The van der Waals surface area contributed by atoms with Gasteiger partial charge in [0.25, 0.3) is 0 Å². The third kappa shape index (κ3) is 4.65. The molecule has 10 rings (SSSR count). The molecule has 0 bridgehead atoms. The molecule has 0 aliphatic carbocycles. The van der Waals surface area contributed by atoms with E-state index in [1.54, 1.807) is 0 Å². The fraction of sp³-hybridized carbons (Fsp3) is 0. The molecule has 0 amide bonds. The van der Waals surface area contributed by atoms with Gasteiger partial charge in [-0.3, -0.25) is 0 Å². The van der Waals surface area contributed by atoms with Gasteiger partial charge in [-0.05, 0) is 103 Å². The molecule has 1 aromatic heterocycles. The maximum absolute atomic E-state index is 6.44. The standard InChI is InChI=1S/C48H31NO/c1-3-11-32(12-4-1)41-26-24-38(30-43(41)33-13-5-2-6-14-33)49(37-23-21-36-20-19-34-15-7-9-17-40(34)44(36)29-37)39-25-28-46-45(31-39)48-42-18-10-8-16-35(42)22-27-47(48)50-46/h1-31H. The second kappa shape index (κ2) is 11.5. The Morgan fingerprint density at radius 2 is 0.820 bits per heavy atom. The number of fused-ring (bicyclic) bond motifs is 8. The molecule has 0 unspecified atom stereocenters. The fourth-order valence-electron chi connectivity index (χ4n) is 7.65. The molecule has 0 N–H and O–H groups in total. The van der Waals surface area contributed by atoms with E-state index in [9.17, 15) is 0 Å². The lowest BCUT2D eigenvalue weighted by Crippen LogP contribution is -2.10. The minimum Gasteiger partial charge on any atom is -0.456 e. The van der Waals surface area contributed by atoms with Crippen LogP contribution in [0.5, 0.6) is 0 Å². The molecule has 0 saturated carbocycles. The van der Waals surface area contributed by atoms with Crippen LogP contribution >= 0.6 is 0 Å². The predicted octanol–water partition coefficient (Wildman–Crippen LogP) is 13.8. The fourth-order valence-corrected chi connectivity index (χ4v) is 7.65. The summed E-state index contributed by atoms with van der Waals surface area (Å²) in [6, 6.07) is 67.6. The van der Waals surface area contributed by atoms with Crippen molar-refractivity contribution in [2.45, 2.75) is 0 Å². The predicted molar refractivity (Wildman–Crippen MR) is 212 cm³/mol. The Kier molecular flexibility index (Phi) is 6.53. The molecule has 9 aromatic carbocycles. The number of rotatable bonds is 5. The lowest BCUT2D eigenvalue weighted by Gasteiger charge is -2.27.